The molecule has 5 nitrogen and oxygen atoms in total. The molecule has 2 rings (SSSR count). The molecule has 20 heavy (non-hydrogen) atoms. The van der Waals surface area contributed by atoms with Gasteiger partial charge in [-0.2, -0.15) is 0 Å². The second kappa shape index (κ2) is 6.90. The van der Waals surface area contributed by atoms with Gasteiger partial charge in [0.2, 0.25) is 0 Å². The third-order valence-corrected chi connectivity index (χ3v) is 3.84. The van der Waals surface area contributed by atoms with Gasteiger partial charge in [-0.25, -0.2) is 0 Å². The highest BCUT2D eigenvalue weighted by Gasteiger charge is 2.23. The molecule has 1 atom stereocenters. The Morgan fingerprint density at radius 2 is 2.25 bits per heavy atom. The summed E-state index contributed by atoms with van der Waals surface area (Å²) in [5.74, 6) is 0. The molecule has 1 aromatic heterocycles. The number of aromatic nitrogens is 1. The van der Waals surface area contributed by atoms with Gasteiger partial charge in [0.15, 0.2) is 0 Å². The van der Waals surface area contributed by atoms with E-state index in [-0.39, 0.29) is 5.56 Å². The first-order valence-electron chi connectivity index (χ1n) is 7.30. The second-order valence-corrected chi connectivity index (χ2v) is 5.66. The lowest BCUT2D eigenvalue weighted by Gasteiger charge is -2.21. The van der Waals surface area contributed by atoms with E-state index in [0.717, 1.165) is 25.2 Å². The van der Waals surface area contributed by atoms with E-state index in [1.54, 1.807) is 17.7 Å². The van der Waals surface area contributed by atoms with E-state index in [4.69, 9.17) is 4.74 Å². The van der Waals surface area contributed by atoms with Gasteiger partial charge in [0, 0.05) is 51.1 Å². The molecule has 1 fully saturated rings. The van der Waals surface area contributed by atoms with Crippen molar-refractivity contribution in [2.45, 2.75) is 38.9 Å². The van der Waals surface area contributed by atoms with E-state index in [2.05, 4.69) is 24.1 Å². The second-order valence-electron chi connectivity index (χ2n) is 5.66. The van der Waals surface area contributed by atoms with Gasteiger partial charge >= 0.3 is 0 Å². The molecule has 0 aromatic carbocycles. The van der Waals surface area contributed by atoms with Gasteiger partial charge in [-0.05, 0) is 26.3 Å². The summed E-state index contributed by atoms with van der Waals surface area (Å²) in [5.41, 5.74) is 1.03. The van der Waals surface area contributed by atoms with E-state index in [1.165, 1.54) is 0 Å². The molecule has 1 N–H and O–H groups in total. The van der Waals surface area contributed by atoms with Crippen LogP contribution in [0.25, 0.3) is 0 Å². The van der Waals surface area contributed by atoms with Crippen LogP contribution in [0.2, 0.25) is 0 Å². The van der Waals surface area contributed by atoms with Crippen molar-refractivity contribution in [3.05, 3.63) is 28.7 Å². The summed E-state index contributed by atoms with van der Waals surface area (Å²) in [6.45, 7) is 7.80. The Labute approximate surface area is 120 Å². The monoisotopic (exact) mass is 279 g/mol. The number of hydrogen-bond donors (Lipinski definition) is 1. The maximum atomic E-state index is 11.7. The number of nitrogens with zero attached hydrogens (tertiary/aromatic N) is 2. The van der Waals surface area contributed by atoms with Crippen LogP contribution in [0.4, 0.5) is 5.69 Å². The summed E-state index contributed by atoms with van der Waals surface area (Å²) >= 11 is 0. The quantitative estimate of drug-likeness (QED) is 0.855. The van der Waals surface area contributed by atoms with E-state index >= 15 is 0 Å². The average Bonchev–Trinajstić information content (AvgIpc) is 2.88. The highest BCUT2D eigenvalue weighted by molar-refractivity contribution is 5.41. The zero-order valence-corrected chi connectivity index (χ0v) is 12.6. The SMILES string of the molecule is COCCn1cc(NC2CCN(C(C)C)C2)ccc1=O. The number of ether oxygens (including phenoxy) is 1. The van der Waals surface area contributed by atoms with Crippen molar-refractivity contribution in [1.29, 1.82) is 0 Å². The smallest absolute Gasteiger partial charge is 0.250 e. The maximum absolute atomic E-state index is 11.7. The molecule has 0 saturated carbocycles. The van der Waals surface area contributed by atoms with Gasteiger partial charge in [-0.1, -0.05) is 0 Å². The third kappa shape index (κ3) is 3.84. The number of nitrogens with one attached hydrogen (secondary N) is 1. The molecule has 1 aliphatic heterocycles. The van der Waals surface area contributed by atoms with Crippen LogP contribution in [-0.2, 0) is 11.3 Å². The van der Waals surface area contributed by atoms with E-state index < -0.39 is 0 Å². The lowest BCUT2D eigenvalue weighted by Crippen LogP contribution is -2.31. The largest absolute Gasteiger partial charge is 0.383 e. The summed E-state index contributed by atoms with van der Waals surface area (Å²) in [5, 5.41) is 3.53. The summed E-state index contributed by atoms with van der Waals surface area (Å²) < 4.78 is 6.72. The lowest BCUT2D eigenvalue weighted by molar-refractivity contribution is 0.186. The fraction of sp³-hybridized carbons (Fsp3) is 0.667. The zero-order chi connectivity index (χ0) is 14.5. The van der Waals surface area contributed by atoms with Crippen molar-refractivity contribution in [2.75, 3.05) is 32.1 Å². The lowest BCUT2D eigenvalue weighted by atomic mass is 10.2. The first-order valence-corrected chi connectivity index (χ1v) is 7.30. The molecule has 0 amide bonds. The molecule has 0 aliphatic carbocycles. The number of likely N-dealkylation sites (tertiary alicyclic amines) is 1. The first kappa shape index (κ1) is 15.1. The van der Waals surface area contributed by atoms with Crippen molar-refractivity contribution in [3.8, 4) is 0 Å². The molecule has 0 spiro atoms. The molecule has 2 heterocycles. The van der Waals surface area contributed by atoms with Crippen LogP contribution in [0.1, 0.15) is 20.3 Å². The van der Waals surface area contributed by atoms with Gasteiger partial charge in [-0.15, -0.1) is 0 Å². The summed E-state index contributed by atoms with van der Waals surface area (Å²) in [6, 6.07) is 4.54. The average molecular weight is 279 g/mol. The van der Waals surface area contributed by atoms with Gasteiger partial charge in [0.05, 0.1) is 12.3 Å². The molecule has 1 aromatic rings. The Morgan fingerprint density at radius 3 is 2.90 bits per heavy atom. The minimum absolute atomic E-state index is 0.0165. The standard InChI is InChI=1S/C15H25N3O2/c1-12(2)17-7-6-14(10-17)16-13-4-5-15(19)18(11-13)8-9-20-3/h4-5,11-12,14,16H,6-10H2,1-3H3. The summed E-state index contributed by atoms with van der Waals surface area (Å²) in [4.78, 5) is 14.2. The molecule has 1 saturated heterocycles. The fourth-order valence-electron chi connectivity index (χ4n) is 2.59. The number of hydrogen-bond acceptors (Lipinski definition) is 4. The number of pyridine rings is 1. The van der Waals surface area contributed by atoms with Crippen molar-refractivity contribution in [1.82, 2.24) is 9.47 Å². The zero-order valence-electron chi connectivity index (χ0n) is 12.6. The van der Waals surface area contributed by atoms with E-state index in [9.17, 15) is 4.79 Å². The molecule has 112 valence electrons. The summed E-state index contributed by atoms with van der Waals surface area (Å²) in [6.07, 6.45) is 3.04. The van der Waals surface area contributed by atoms with Crippen LogP contribution >= 0.6 is 0 Å². The van der Waals surface area contributed by atoms with E-state index in [1.807, 2.05) is 12.3 Å². The molecular formula is C15H25N3O2. The Hall–Kier alpha value is -1.33. The maximum Gasteiger partial charge on any atom is 0.250 e. The number of anilines is 1. The van der Waals surface area contributed by atoms with Crippen LogP contribution in [-0.4, -0.2) is 48.4 Å². The van der Waals surface area contributed by atoms with Crippen molar-refractivity contribution >= 4 is 5.69 Å². The molecule has 0 radical (unpaired) electrons. The normalized spacial score (nSPS) is 19.7. The Morgan fingerprint density at radius 1 is 1.45 bits per heavy atom. The van der Waals surface area contributed by atoms with Crippen LogP contribution in [0.3, 0.4) is 0 Å². The van der Waals surface area contributed by atoms with Crippen LogP contribution in [0, 0.1) is 0 Å². The first-order chi connectivity index (χ1) is 9.60. The highest BCUT2D eigenvalue weighted by Crippen LogP contribution is 2.16. The molecule has 1 aliphatic rings. The number of methoxy groups -OCH3 is 1. The fourth-order valence-corrected chi connectivity index (χ4v) is 2.59. The predicted molar refractivity (Wildman–Crippen MR) is 81.3 cm³/mol. The minimum Gasteiger partial charge on any atom is -0.383 e. The van der Waals surface area contributed by atoms with Crippen LogP contribution in [0.15, 0.2) is 23.1 Å². The molecule has 1 unspecified atom stereocenters. The topological polar surface area (TPSA) is 46.5 Å². The Kier molecular flexibility index (Phi) is 5.20. The van der Waals surface area contributed by atoms with Gasteiger partial charge < -0.3 is 14.6 Å². The van der Waals surface area contributed by atoms with Crippen molar-refractivity contribution in [3.63, 3.8) is 0 Å². The van der Waals surface area contributed by atoms with Gasteiger partial charge in [0.1, 0.15) is 0 Å². The van der Waals surface area contributed by atoms with Gasteiger partial charge in [0.25, 0.3) is 5.56 Å². The third-order valence-electron chi connectivity index (χ3n) is 3.84. The number of rotatable bonds is 6. The van der Waals surface area contributed by atoms with Crippen LogP contribution < -0.4 is 10.9 Å². The highest BCUT2D eigenvalue weighted by atomic mass is 16.5. The predicted octanol–water partition coefficient (Wildman–Crippen LogP) is 1.39. The Balaban J connectivity index is 1.98. The molecule has 0 bridgehead atoms. The van der Waals surface area contributed by atoms with Gasteiger partial charge in [-0.3, -0.25) is 9.69 Å². The molecular weight excluding hydrogens is 254 g/mol. The van der Waals surface area contributed by atoms with Crippen molar-refractivity contribution < 1.29 is 4.74 Å². The van der Waals surface area contributed by atoms with E-state index in [0.29, 0.717) is 25.2 Å². The Bertz CT molecular complexity index is 484. The molecule has 5 heteroatoms. The summed E-state index contributed by atoms with van der Waals surface area (Å²) in [7, 11) is 1.65. The minimum atomic E-state index is 0.0165. The van der Waals surface area contributed by atoms with Crippen LogP contribution in [0.5, 0.6) is 0 Å². The van der Waals surface area contributed by atoms with Crippen molar-refractivity contribution in [2.24, 2.45) is 0 Å².